The molecule has 0 saturated carbocycles. The predicted octanol–water partition coefficient (Wildman–Crippen LogP) is 1.75. The highest BCUT2D eigenvalue weighted by molar-refractivity contribution is 5.33. The number of piperazine rings is 1. The second-order valence-corrected chi connectivity index (χ2v) is 4.79. The lowest BCUT2D eigenvalue weighted by Gasteiger charge is -2.39. The molecule has 0 radical (unpaired) electrons. The van der Waals surface area contributed by atoms with Gasteiger partial charge in [0.1, 0.15) is 0 Å². The topological polar surface area (TPSA) is 41.1 Å². The molecule has 2 unspecified atom stereocenters. The number of aryl methyl sites for hydroxylation is 1. The van der Waals surface area contributed by atoms with Crippen LogP contribution in [0.5, 0.6) is 0 Å². The number of aromatic nitrogens is 2. The molecule has 1 N–H and O–H groups in total. The van der Waals surface area contributed by atoms with E-state index in [1.165, 1.54) is 0 Å². The maximum absolute atomic E-state index is 4.46. The highest BCUT2D eigenvalue weighted by Crippen LogP contribution is 2.17. The molecule has 0 bridgehead atoms. The predicted molar refractivity (Wildman–Crippen MR) is 70.3 cm³/mol. The summed E-state index contributed by atoms with van der Waals surface area (Å²) in [6, 6.07) is 1.07. The van der Waals surface area contributed by atoms with Crippen molar-refractivity contribution in [3.8, 4) is 0 Å². The van der Waals surface area contributed by atoms with Crippen LogP contribution in [-0.2, 0) is 0 Å². The third kappa shape index (κ3) is 2.75. The van der Waals surface area contributed by atoms with Gasteiger partial charge in [-0.25, -0.2) is 9.97 Å². The Kier molecular flexibility index (Phi) is 3.94. The van der Waals surface area contributed by atoms with Gasteiger partial charge in [0.2, 0.25) is 5.95 Å². The summed E-state index contributed by atoms with van der Waals surface area (Å²) in [6.45, 7) is 8.51. The molecule has 0 aromatic carbocycles. The lowest BCUT2D eigenvalue weighted by Crippen LogP contribution is -2.56. The van der Waals surface area contributed by atoms with Crippen LogP contribution >= 0.6 is 0 Å². The highest BCUT2D eigenvalue weighted by atomic mass is 15.3. The van der Waals surface area contributed by atoms with Crippen molar-refractivity contribution >= 4 is 5.95 Å². The average Bonchev–Trinajstić information content (AvgIpc) is 2.39. The van der Waals surface area contributed by atoms with E-state index in [9.17, 15) is 0 Å². The van der Waals surface area contributed by atoms with Gasteiger partial charge in [0.25, 0.3) is 0 Å². The Labute approximate surface area is 103 Å². The molecular formula is C13H22N4. The quantitative estimate of drug-likeness (QED) is 0.865. The molecule has 2 heterocycles. The summed E-state index contributed by atoms with van der Waals surface area (Å²) >= 11 is 0. The number of hydrogen-bond donors (Lipinski definition) is 1. The van der Waals surface area contributed by atoms with Crippen LogP contribution in [0.15, 0.2) is 12.4 Å². The molecule has 0 amide bonds. The summed E-state index contributed by atoms with van der Waals surface area (Å²) in [5.74, 6) is 0.877. The summed E-state index contributed by atoms with van der Waals surface area (Å²) in [5.41, 5.74) is 1.11. The van der Waals surface area contributed by atoms with E-state index in [0.29, 0.717) is 12.1 Å². The zero-order valence-electron chi connectivity index (χ0n) is 11.0. The van der Waals surface area contributed by atoms with Gasteiger partial charge in [-0.1, -0.05) is 13.8 Å². The summed E-state index contributed by atoms with van der Waals surface area (Å²) in [7, 11) is 0. The largest absolute Gasteiger partial charge is 0.335 e. The Bertz CT molecular complexity index is 349. The minimum Gasteiger partial charge on any atom is -0.335 e. The van der Waals surface area contributed by atoms with E-state index in [-0.39, 0.29) is 0 Å². The van der Waals surface area contributed by atoms with Gasteiger partial charge in [0.15, 0.2) is 0 Å². The number of anilines is 1. The molecule has 1 aromatic heterocycles. The summed E-state index contributed by atoms with van der Waals surface area (Å²) in [6.07, 6.45) is 6.08. The van der Waals surface area contributed by atoms with Crippen LogP contribution in [0.1, 0.15) is 32.3 Å². The maximum atomic E-state index is 4.46. The molecule has 1 saturated heterocycles. The van der Waals surface area contributed by atoms with Gasteiger partial charge < -0.3 is 10.2 Å². The fraction of sp³-hybridized carbons (Fsp3) is 0.692. The smallest absolute Gasteiger partial charge is 0.225 e. The Morgan fingerprint density at radius 1 is 1.29 bits per heavy atom. The number of nitrogens with zero attached hydrogens (tertiary/aromatic N) is 3. The number of rotatable bonds is 3. The minimum atomic E-state index is 0.514. The van der Waals surface area contributed by atoms with Crippen LogP contribution in [0.3, 0.4) is 0 Å². The molecule has 2 rings (SSSR count). The summed E-state index contributed by atoms with van der Waals surface area (Å²) in [4.78, 5) is 11.3. The van der Waals surface area contributed by atoms with Crippen molar-refractivity contribution in [3.63, 3.8) is 0 Å². The number of hydrogen-bond acceptors (Lipinski definition) is 4. The van der Waals surface area contributed by atoms with Crippen molar-refractivity contribution in [1.82, 2.24) is 15.3 Å². The van der Waals surface area contributed by atoms with Gasteiger partial charge in [0.05, 0.1) is 0 Å². The van der Waals surface area contributed by atoms with E-state index in [0.717, 1.165) is 37.4 Å². The van der Waals surface area contributed by atoms with Gasteiger partial charge >= 0.3 is 0 Å². The van der Waals surface area contributed by atoms with Crippen molar-refractivity contribution < 1.29 is 0 Å². The van der Waals surface area contributed by atoms with Gasteiger partial charge in [-0.05, 0) is 25.3 Å². The monoisotopic (exact) mass is 234 g/mol. The first kappa shape index (κ1) is 12.3. The highest BCUT2D eigenvalue weighted by Gasteiger charge is 2.27. The zero-order valence-corrected chi connectivity index (χ0v) is 11.0. The first-order chi connectivity index (χ1) is 8.24. The van der Waals surface area contributed by atoms with Crippen LogP contribution < -0.4 is 10.2 Å². The molecule has 1 aliphatic rings. The Hall–Kier alpha value is -1.16. The molecule has 94 valence electrons. The Morgan fingerprint density at radius 2 is 2.00 bits per heavy atom. The molecule has 1 aromatic rings. The van der Waals surface area contributed by atoms with E-state index >= 15 is 0 Å². The van der Waals surface area contributed by atoms with Crippen molar-refractivity contribution in [2.24, 2.45) is 0 Å². The first-order valence-electron chi connectivity index (χ1n) is 6.53. The van der Waals surface area contributed by atoms with Crippen LogP contribution in [0, 0.1) is 6.92 Å². The van der Waals surface area contributed by atoms with Crippen molar-refractivity contribution in [1.29, 1.82) is 0 Å². The lowest BCUT2D eigenvalue weighted by atomic mass is 10.1. The second kappa shape index (κ2) is 5.45. The molecule has 17 heavy (non-hydrogen) atoms. The molecule has 0 aliphatic carbocycles. The van der Waals surface area contributed by atoms with Crippen LogP contribution in [-0.4, -0.2) is 35.1 Å². The molecule has 4 heteroatoms. The standard InChI is InChI=1S/C13H22N4/c1-4-11-9-17(12(5-2)8-14-11)13-15-6-10(3)7-16-13/h6-7,11-12,14H,4-5,8-9H2,1-3H3. The van der Waals surface area contributed by atoms with Crippen LogP contribution in [0.2, 0.25) is 0 Å². The van der Waals surface area contributed by atoms with E-state index in [1.807, 2.05) is 19.3 Å². The third-order valence-corrected chi connectivity index (χ3v) is 3.49. The third-order valence-electron chi connectivity index (χ3n) is 3.49. The molecular weight excluding hydrogens is 212 g/mol. The molecule has 0 spiro atoms. The fourth-order valence-electron chi connectivity index (χ4n) is 2.28. The molecule has 1 aliphatic heterocycles. The van der Waals surface area contributed by atoms with Gasteiger partial charge in [-0.3, -0.25) is 0 Å². The van der Waals surface area contributed by atoms with Gasteiger partial charge in [-0.15, -0.1) is 0 Å². The number of nitrogens with one attached hydrogen (secondary N) is 1. The first-order valence-corrected chi connectivity index (χ1v) is 6.53. The van der Waals surface area contributed by atoms with E-state index in [1.54, 1.807) is 0 Å². The maximum Gasteiger partial charge on any atom is 0.225 e. The van der Waals surface area contributed by atoms with E-state index in [2.05, 4.69) is 34.0 Å². The summed E-state index contributed by atoms with van der Waals surface area (Å²) < 4.78 is 0. The van der Waals surface area contributed by atoms with Crippen LogP contribution in [0.4, 0.5) is 5.95 Å². The molecule has 4 nitrogen and oxygen atoms in total. The Balaban J connectivity index is 2.17. The normalized spacial score (nSPS) is 25.0. The van der Waals surface area contributed by atoms with E-state index in [4.69, 9.17) is 0 Å². The average molecular weight is 234 g/mol. The van der Waals surface area contributed by atoms with Crippen LogP contribution in [0.25, 0.3) is 0 Å². The van der Waals surface area contributed by atoms with Gasteiger partial charge in [0, 0.05) is 37.6 Å². The summed E-state index contributed by atoms with van der Waals surface area (Å²) in [5, 5.41) is 3.58. The van der Waals surface area contributed by atoms with E-state index < -0.39 is 0 Å². The lowest BCUT2D eigenvalue weighted by molar-refractivity contribution is 0.374. The molecule has 1 fully saturated rings. The Morgan fingerprint density at radius 3 is 2.59 bits per heavy atom. The zero-order chi connectivity index (χ0) is 12.3. The second-order valence-electron chi connectivity index (χ2n) is 4.79. The fourth-order valence-corrected chi connectivity index (χ4v) is 2.28. The molecule has 2 atom stereocenters. The van der Waals surface area contributed by atoms with Crippen molar-refractivity contribution in [2.45, 2.75) is 45.7 Å². The van der Waals surface area contributed by atoms with Gasteiger partial charge in [-0.2, -0.15) is 0 Å². The SMILES string of the molecule is CCC1CN(c2ncc(C)cn2)C(CC)CN1. The van der Waals surface area contributed by atoms with Crippen molar-refractivity contribution in [2.75, 3.05) is 18.0 Å². The van der Waals surface area contributed by atoms with Crippen molar-refractivity contribution in [3.05, 3.63) is 18.0 Å². The minimum absolute atomic E-state index is 0.514.